The van der Waals surface area contributed by atoms with Gasteiger partial charge in [-0.2, -0.15) is 0 Å². The maximum atomic E-state index is 12.3. The smallest absolute Gasteiger partial charge is 0.238 e. The molecule has 2 aromatic carbocycles. The zero-order valence-electron chi connectivity index (χ0n) is 16.1. The predicted molar refractivity (Wildman–Crippen MR) is 117 cm³/mol. The molecule has 0 saturated heterocycles. The van der Waals surface area contributed by atoms with E-state index in [4.69, 9.17) is 23.2 Å². The zero-order valence-corrected chi connectivity index (χ0v) is 17.6. The van der Waals surface area contributed by atoms with Crippen LogP contribution in [-0.4, -0.2) is 42.3 Å². The van der Waals surface area contributed by atoms with Gasteiger partial charge in [-0.25, -0.2) is 0 Å². The number of nitrogens with one attached hydrogen (secondary N) is 3. The molecule has 3 N–H and O–H groups in total. The lowest BCUT2D eigenvalue weighted by Gasteiger charge is -2.20. The quantitative estimate of drug-likeness (QED) is 0.585. The van der Waals surface area contributed by atoms with Crippen molar-refractivity contribution in [1.29, 1.82) is 0 Å². The van der Waals surface area contributed by atoms with Gasteiger partial charge in [-0.15, -0.1) is 0 Å². The summed E-state index contributed by atoms with van der Waals surface area (Å²) in [5, 5.41) is 8.78. The summed E-state index contributed by atoms with van der Waals surface area (Å²) >= 11 is 12.1. The molecule has 0 aliphatic rings. The normalized spacial score (nSPS) is 10.5. The second-order valence-corrected chi connectivity index (χ2v) is 7.07. The van der Waals surface area contributed by atoms with Crippen LogP contribution in [0.15, 0.2) is 42.5 Å². The van der Waals surface area contributed by atoms with Crippen LogP contribution in [0, 0.1) is 0 Å². The van der Waals surface area contributed by atoms with Crippen molar-refractivity contribution in [2.24, 2.45) is 0 Å². The van der Waals surface area contributed by atoms with Gasteiger partial charge in [0.1, 0.15) is 0 Å². The van der Waals surface area contributed by atoms with E-state index in [1.54, 1.807) is 47.4 Å². The largest absolute Gasteiger partial charge is 0.326 e. The third-order valence-electron chi connectivity index (χ3n) is 3.90. The van der Waals surface area contributed by atoms with E-state index in [1.807, 2.05) is 6.92 Å². The summed E-state index contributed by atoms with van der Waals surface area (Å²) < 4.78 is 0. The molecule has 29 heavy (non-hydrogen) atoms. The number of hydrogen-bond acceptors (Lipinski definition) is 4. The summed E-state index contributed by atoms with van der Waals surface area (Å²) in [5.74, 6) is -0.756. The fraction of sp³-hybridized carbons (Fsp3) is 0.250. The number of para-hydroxylation sites is 1. The van der Waals surface area contributed by atoms with Crippen LogP contribution in [0.2, 0.25) is 10.0 Å². The minimum atomic E-state index is -0.325. The van der Waals surface area contributed by atoms with Gasteiger partial charge in [0.05, 0.1) is 28.8 Å². The number of hydrogen-bond donors (Lipinski definition) is 3. The molecule has 9 heteroatoms. The predicted octanol–water partition coefficient (Wildman–Crippen LogP) is 3.85. The number of nitrogens with zero attached hydrogens (tertiary/aromatic N) is 1. The van der Waals surface area contributed by atoms with Crippen LogP contribution in [0.25, 0.3) is 0 Å². The van der Waals surface area contributed by atoms with E-state index in [1.165, 1.54) is 6.92 Å². The Hall–Kier alpha value is -2.61. The van der Waals surface area contributed by atoms with Crippen LogP contribution in [0.1, 0.15) is 13.8 Å². The second-order valence-electron chi connectivity index (χ2n) is 6.25. The first-order valence-electron chi connectivity index (χ1n) is 8.92. The van der Waals surface area contributed by atoms with Crippen molar-refractivity contribution in [2.75, 3.05) is 35.6 Å². The highest BCUT2D eigenvalue weighted by atomic mass is 35.5. The summed E-state index contributed by atoms with van der Waals surface area (Å²) in [6, 6.07) is 11.7. The van der Waals surface area contributed by atoms with Gasteiger partial charge < -0.3 is 16.0 Å². The molecular formula is C20H22Cl2N4O3. The minimum absolute atomic E-state index is 0.00689. The van der Waals surface area contributed by atoms with E-state index in [2.05, 4.69) is 16.0 Å². The topological polar surface area (TPSA) is 90.5 Å². The lowest BCUT2D eigenvalue weighted by atomic mass is 10.2. The van der Waals surface area contributed by atoms with Crippen molar-refractivity contribution in [1.82, 2.24) is 4.90 Å². The molecule has 0 spiro atoms. The Morgan fingerprint density at radius 2 is 1.31 bits per heavy atom. The van der Waals surface area contributed by atoms with Crippen LogP contribution in [0.4, 0.5) is 17.1 Å². The molecule has 7 nitrogen and oxygen atoms in total. The highest BCUT2D eigenvalue weighted by Gasteiger charge is 2.15. The third-order valence-corrected chi connectivity index (χ3v) is 4.53. The monoisotopic (exact) mass is 436 g/mol. The maximum Gasteiger partial charge on any atom is 0.238 e. The van der Waals surface area contributed by atoms with Crippen molar-refractivity contribution in [3.63, 3.8) is 0 Å². The number of carbonyl (C=O) groups excluding carboxylic acids is 3. The number of amides is 3. The molecule has 154 valence electrons. The minimum Gasteiger partial charge on any atom is -0.326 e. The van der Waals surface area contributed by atoms with Crippen molar-refractivity contribution >= 4 is 58.0 Å². The summed E-state index contributed by atoms with van der Waals surface area (Å²) in [6.45, 7) is 3.81. The number of benzene rings is 2. The van der Waals surface area contributed by atoms with Crippen molar-refractivity contribution in [3.05, 3.63) is 52.5 Å². The number of carbonyl (C=O) groups is 3. The van der Waals surface area contributed by atoms with Gasteiger partial charge in [-0.3, -0.25) is 19.3 Å². The SMILES string of the molecule is CCN(CC(=O)Nc1ccc(NC(C)=O)cc1)CC(=O)Nc1c(Cl)cccc1Cl. The molecule has 2 aromatic rings. The van der Waals surface area contributed by atoms with E-state index in [9.17, 15) is 14.4 Å². The molecule has 0 fully saturated rings. The molecule has 0 unspecified atom stereocenters. The number of anilines is 3. The fourth-order valence-electron chi connectivity index (χ4n) is 2.52. The Labute approximate surface area is 179 Å². The summed E-state index contributed by atoms with van der Waals surface area (Å²) in [5.41, 5.74) is 1.58. The van der Waals surface area contributed by atoms with Crippen molar-refractivity contribution in [3.8, 4) is 0 Å². The first kappa shape index (κ1) is 22.7. The van der Waals surface area contributed by atoms with E-state index in [-0.39, 0.29) is 30.8 Å². The number of likely N-dealkylation sites (N-methyl/N-ethyl adjacent to an activating group) is 1. The Morgan fingerprint density at radius 3 is 1.79 bits per heavy atom. The lowest BCUT2D eigenvalue weighted by Crippen LogP contribution is -2.38. The Balaban J connectivity index is 1.89. The maximum absolute atomic E-state index is 12.3. The van der Waals surface area contributed by atoms with Gasteiger partial charge in [-0.1, -0.05) is 36.2 Å². The van der Waals surface area contributed by atoms with Gasteiger partial charge in [-0.05, 0) is 42.9 Å². The van der Waals surface area contributed by atoms with Crippen LogP contribution >= 0.6 is 23.2 Å². The van der Waals surface area contributed by atoms with Crippen LogP contribution in [0.5, 0.6) is 0 Å². The molecule has 2 rings (SSSR count). The molecule has 0 saturated carbocycles. The summed E-state index contributed by atoms with van der Waals surface area (Å²) in [4.78, 5) is 37.3. The van der Waals surface area contributed by atoms with E-state index in [0.717, 1.165) is 0 Å². The molecule has 0 radical (unpaired) electrons. The molecular weight excluding hydrogens is 415 g/mol. The third kappa shape index (κ3) is 7.38. The lowest BCUT2D eigenvalue weighted by molar-refractivity contribution is -0.120. The van der Waals surface area contributed by atoms with Gasteiger partial charge >= 0.3 is 0 Å². The summed E-state index contributed by atoms with van der Waals surface area (Å²) in [6.07, 6.45) is 0. The van der Waals surface area contributed by atoms with Gasteiger partial charge in [0, 0.05) is 18.3 Å². The Kier molecular flexibility index (Phi) is 8.45. The average Bonchev–Trinajstić information content (AvgIpc) is 2.65. The number of halogens is 2. The molecule has 0 bridgehead atoms. The second kappa shape index (κ2) is 10.8. The summed E-state index contributed by atoms with van der Waals surface area (Å²) in [7, 11) is 0. The van der Waals surface area contributed by atoms with E-state index in [0.29, 0.717) is 33.7 Å². The fourth-order valence-corrected chi connectivity index (χ4v) is 3.01. The van der Waals surface area contributed by atoms with Gasteiger partial charge in [0.2, 0.25) is 17.7 Å². The van der Waals surface area contributed by atoms with Crippen LogP contribution in [-0.2, 0) is 14.4 Å². The Bertz CT molecular complexity index is 868. The van der Waals surface area contributed by atoms with Crippen LogP contribution < -0.4 is 16.0 Å². The van der Waals surface area contributed by atoms with Crippen molar-refractivity contribution in [2.45, 2.75) is 13.8 Å². The highest BCUT2D eigenvalue weighted by molar-refractivity contribution is 6.39. The zero-order chi connectivity index (χ0) is 21.4. The van der Waals surface area contributed by atoms with Gasteiger partial charge in [0.25, 0.3) is 0 Å². The number of rotatable bonds is 8. The van der Waals surface area contributed by atoms with Gasteiger partial charge in [0.15, 0.2) is 0 Å². The molecule has 0 atom stereocenters. The molecule has 0 aromatic heterocycles. The highest BCUT2D eigenvalue weighted by Crippen LogP contribution is 2.29. The Morgan fingerprint density at radius 1 is 0.828 bits per heavy atom. The standard InChI is InChI=1S/C20H22Cl2N4O3/c1-3-26(12-19(29)25-20-16(21)5-4-6-17(20)22)11-18(28)24-15-9-7-14(8-10-15)23-13(2)27/h4-10H,3,11-12H2,1-2H3,(H,23,27)(H,24,28)(H,25,29). The molecule has 0 heterocycles. The molecule has 0 aliphatic heterocycles. The first-order chi connectivity index (χ1) is 13.8. The molecule has 0 aliphatic carbocycles. The first-order valence-corrected chi connectivity index (χ1v) is 9.67. The van der Waals surface area contributed by atoms with Crippen molar-refractivity contribution < 1.29 is 14.4 Å². The van der Waals surface area contributed by atoms with E-state index < -0.39 is 0 Å². The van der Waals surface area contributed by atoms with E-state index >= 15 is 0 Å². The van der Waals surface area contributed by atoms with Crippen LogP contribution in [0.3, 0.4) is 0 Å². The molecule has 3 amide bonds. The average molecular weight is 437 g/mol.